The molecule has 1 rings (SSSR count). The predicted octanol–water partition coefficient (Wildman–Crippen LogP) is 1.25. The van der Waals surface area contributed by atoms with Crippen molar-refractivity contribution in [3.8, 4) is 0 Å². The lowest BCUT2D eigenvalue weighted by atomic mass is 9.99. The first-order valence-corrected chi connectivity index (χ1v) is 6.26. The van der Waals surface area contributed by atoms with Gasteiger partial charge < -0.3 is 15.9 Å². The fraction of sp³-hybridized carbons (Fsp3) is 0.417. The van der Waals surface area contributed by atoms with E-state index in [1.165, 1.54) is 6.92 Å². The molecule has 17 heavy (non-hydrogen) atoms. The Morgan fingerprint density at radius 3 is 2.71 bits per heavy atom. The normalized spacial score (nSPS) is 14.4. The van der Waals surface area contributed by atoms with Gasteiger partial charge in [-0.3, -0.25) is 4.79 Å². The summed E-state index contributed by atoms with van der Waals surface area (Å²) >= 11 is 0.992. The summed E-state index contributed by atoms with van der Waals surface area (Å²) in [4.78, 5) is 10.8. The predicted molar refractivity (Wildman–Crippen MR) is 69.7 cm³/mol. The van der Waals surface area contributed by atoms with E-state index in [1.54, 1.807) is 25.1 Å². The van der Waals surface area contributed by atoms with Gasteiger partial charge in [0.2, 0.25) is 0 Å². The van der Waals surface area contributed by atoms with Gasteiger partial charge >= 0.3 is 0 Å². The number of anilines is 1. The van der Waals surface area contributed by atoms with Gasteiger partial charge in [-0.1, -0.05) is 23.9 Å². The van der Waals surface area contributed by atoms with Gasteiger partial charge in [-0.05, 0) is 24.1 Å². The number of thioether (sulfide) groups is 1. The summed E-state index contributed by atoms with van der Waals surface area (Å²) in [5, 5.41) is 19.7. The standard InChI is InChI=1S/C12H17NO3S/c1-7-9(4-3-5-10(7)13)12(16)11(15)6-17-8(2)14/h3-5,11-12,15-16H,6,13H2,1-2H3. The molecule has 0 aromatic heterocycles. The molecule has 1 aromatic rings. The quantitative estimate of drug-likeness (QED) is 0.705. The van der Waals surface area contributed by atoms with Gasteiger partial charge in [-0.2, -0.15) is 0 Å². The maximum atomic E-state index is 10.8. The second kappa shape index (κ2) is 6.05. The zero-order valence-corrected chi connectivity index (χ0v) is 10.7. The fourth-order valence-corrected chi connectivity index (χ4v) is 2.08. The summed E-state index contributed by atoms with van der Waals surface area (Å²) in [6, 6.07) is 5.19. The highest BCUT2D eigenvalue weighted by molar-refractivity contribution is 8.13. The summed E-state index contributed by atoms with van der Waals surface area (Å²) in [6.45, 7) is 3.22. The zero-order chi connectivity index (χ0) is 13.0. The number of rotatable bonds is 4. The average molecular weight is 255 g/mol. The van der Waals surface area contributed by atoms with E-state index in [9.17, 15) is 15.0 Å². The van der Waals surface area contributed by atoms with Crippen LogP contribution in [0.15, 0.2) is 18.2 Å². The second-order valence-electron chi connectivity index (χ2n) is 3.88. The molecule has 2 atom stereocenters. The molecule has 94 valence electrons. The highest BCUT2D eigenvalue weighted by Crippen LogP contribution is 2.26. The first-order chi connectivity index (χ1) is 7.93. The Balaban J connectivity index is 2.77. The summed E-state index contributed by atoms with van der Waals surface area (Å²) in [5.41, 5.74) is 7.66. The molecule has 2 unspecified atom stereocenters. The van der Waals surface area contributed by atoms with Gasteiger partial charge in [-0.15, -0.1) is 0 Å². The van der Waals surface area contributed by atoms with Crippen LogP contribution in [-0.2, 0) is 4.79 Å². The topological polar surface area (TPSA) is 83.5 Å². The SMILES string of the molecule is CC(=O)SCC(O)C(O)c1cccc(N)c1C. The molecule has 0 aliphatic heterocycles. The highest BCUT2D eigenvalue weighted by atomic mass is 32.2. The first-order valence-electron chi connectivity index (χ1n) is 5.28. The van der Waals surface area contributed by atoms with Crippen molar-refractivity contribution < 1.29 is 15.0 Å². The zero-order valence-electron chi connectivity index (χ0n) is 9.88. The molecule has 0 spiro atoms. The van der Waals surface area contributed by atoms with Gasteiger partial charge in [0.1, 0.15) is 6.10 Å². The van der Waals surface area contributed by atoms with Crippen LogP contribution in [-0.4, -0.2) is 27.2 Å². The third kappa shape index (κ3) is 3.73. The van der Waals surface area contributed by atoms with Crippen LogP contribution in [0, 0.1) is 6.92 Å². The number of hydrogen-bond acceptors (Lipinski definition) is 5. The number of benzene rings is 1. The maximum absolute atomic E-state index is 10.8. The fourth-order valence-electron chi connectivity index (χ4n) is 1.49. The van der Waals surface area contributed by atoms with E-state index < -0.39 is 12.2 Å². The van der Waals surface area contributed by atoms with Crippen molar-refractivity contribution in [2.75, 3.05) is 11.5 Å². The van der Waals surface area contributed by atoms with E-state index in [0.29, 0.717) is 11.3 Å². The minimum absolute atomic E-state index is 0.0828. The van der Waals surface area contributed by atoms with Crippen LogP contribution in [0.25, 0.3) is 0 Å². The number of aliphatic hydroxyl groups is 2. The number of hydrogen-bond donors (Lipinski definition) is 3. The first kappa shape index (κ1) is 14.0. The third-order valence-electron chi connectivity index (χ3n) is 2.56. The summed E-state index contributed by atoms with van der Waals surface area (Å²) in [6.07, 6.45) is -2.00. The van der Waals surface area contributed by atoms with Crippen LogP contribution in [0.4, 0.5) is 5.69 Å². The maximum Gasteiger partial charge on any atom is 0.185 e. The molecular formula is C12H17NO3S. The van der Waals surface area contributed by atoms with E-state index in [4.69, 9.17) is 5.73 Å². The molecule has 0 saturated carbocycles. The second-order valence-corrected chi connectivity index (χ2v) is 5.07. The Morgan fingerprint density at radius 2 is 2.12 bits per heavy atom. The van der Waals surface area contributed by atoms with Crippen molar-refractivity contribution in [3.63, 3.8) is 0 Å². The van der Waals surface area contributed by atoms with Crippen LogP contribution in [0.5, 0.6) is 0 Å². The minimum Gasteiger partial charge on any atom is -0.399 e. The van der Waals surface area contributed by atoms with E-state index in [2.05, 4.69) is 0 Å². The van der Waals surface area contributed by atoms with Gasteiger partial charge in [-0.25, -0.2) is 0 Å². The third-order valence-corrected chi connectivity index (χ3v) is 3.47. The molecule has 4 N–H and O–H groups in total. The minimum atomic E-state index is -1.02. The number of aliphatic hydroxyl groups excluding tert-OH is 2. The van der Waals surface area contributed by atoms with Crippen molar-refractivity contribution in [1.29, 1.82) is 0 Å². The van der Waals surface area contributed by atoms with Crippen LogP contribution in [0.3, 0.4) is 0 Å². The number of carbonyl (C=O) groups is 1. The Bertz CT molecular complexity index is 409. The molecule has 0 amide bonds. The number of nitrogen functional groups attached to an aromatic ring is 1. The summed E-state index contributed by atoms with van der Waals surface area (Å²) < 4.78 is 0. The Kier molecular flexibility index (Phi) is 4.99. The van der Waals surface area contributed by atoms with Crippen molar-refractivity contribution in [2.45, 2.75) is 26.1 Å². The monoisotopic (exact) mass is 255 g/mol. The Hall–Kier alpha value is -1.04. The van der Waals surface area contributed by atoms with Crippen molar-refractivity contribution in [1.82, 2.24) is 0 Å². The lowest BCUT2D eigenvalue weighted by Crippen LogP contribution is -2.22. The Morgan fingerprint density at radius 1 is 1.47 bits per heavy atom. The van der Waals surface area contributed by atoms with Gasteiger partial charge in [0.05, 0.1) is 6.10 Å². The molecule has 0 aliphatic rings. The number of carbonyl (C=O) groups excluding carboxylic acids is 1. The summed E-state index contributed by atoms with van der Waals surface area (Å²) in [7, 11) is 0. The van der Waals surface area contributed by atoms with E-state index in [-0.39, 0.29) is 10.9 Å². The van der Waals surface area contributed by atoms with Crippen LogP contribution >= 0.6 is 11.8 Å². The van der Waals surface area contributed by atoms with Crippen molar-refractivity contribution in [2.24, 2.45) is 0 Å². The van der Waals surface area contributed by atoms with Crippen LogP contribution < -0.4 is 5.73 Å². The highest BCUT2D eigenvalue weighted by Gasteiger charge is 2.21. The van der Waals surface area contributed by atoms with Crippen molar-refractivity contribution in [3.05, 3.63) is 29.3 Å². The smallest absolute Gasteiger partial charge is 0.185 e. The van der Waals surface area contributed by atoms with E-state index in [1.807, 2.05) is 0 Å². The van der Waals surface area contributed by atoms with Gasteiger partial charge in [0.15, 0.2) is 5.12 Å². The van der Waals surface area contributed by atoms with E-state index >= 15 is 0 Å². The van der Waals surface area contributed by atoms with Gasteiger partial charge in [0, 0.05) is 18.4 Å². The lowest BCUT2D eigenvalue weighted by molar-refractivity contribution is -0.109. The molecule has 5 heteroatoms. The van der Waals surface area contributed by atoms with Crippen molar-refractivity contribution >= 4 is 22.6 Å². The molecule has 4 nitrogen and oxygen atoms in total. The van der Waals surface area contributed by atoms with E-state index in [0.717, 1.165) is 17.3 Å². The molecular weight excluding hydrogens is 238 g/mol. The van der Waals surface area contributed by atoms with Gasteiger partial charge in [0.25, 0.3) is 0 Å². The number of nitrogens with two attached hydrogens (primary N) is 1. The molecule has 0 bridgehead atoms. The van der Waals surface area contributed by atoms with Crippen LogP contribution in [0.1, 0.15) is 24.2 Å². The molecule has 0 aliphatic carbocycles. The lowest BCUT2D eigenvalue weighted by Gasteiger charge is -2.19. The molecule has 0 fully saturated rings. The average Bonchev–Trinajstić information content (AvgIpc) is 2.28. The molecule has 1 aromatic carbocycles. The molecule has 0 saturated heterocycles. The summed E-state index contributed by atoms with van der Waals surface area (Å²) in [5.74, 6) is 0.171. The van der Waals surface area contributed by atoms with Crippen LogP contribution in [0.2, 0.25) is 0 Å². The molecule has 0 radical (unpaired) electrons. The Labute approximate surface area is 105 Å². The largest absolute Gasteiger partial charge is 0.399 e. The molecule has 0 heterocycles.